The number of hydrogen-bond acceptors (Lipinski definition) is 6. The van der Waals surface area contributed by atoms with E-state index in [9.17, 15) is 14.9 Å². The lowest BCUT2D eigenvalue weighted by atomic mass is 10.1. The van der Waals surface area contributed by atoms with E-state index in [1.165, 1.54) is 6.07 Å². The highest BCUT2D eigenvalue weighted by atomic mass is 16.6. The van der Waals surface area contributed by atoms with E-state index < -0.39 is 22.3 Å². The maximum Gasteiger partial charge on any atom is 0.412 e. The van der Waals surface area contributed by atoms with Crippen molar-refractivity contribution in [2.75, 3.05) is 11.9 Å². The molecule has 1 aromatic carbocycles. The number of nitrogens with zero attached hydrogens (tertiary/aromatic N) is 2. The number of carbonyl (C=O) groups is 1. The fourth-order valence-electron chi connectivity index (χ4n) is 3.04. The average Bonchev–Trinajstić information content (AvgIpc) is 2.84. The Morgan fingerprint density at radius 3 is 2.75 bits per heavy atom. The number of ether oxygens (including phenoxy) is 2. The number of rotatable bonds is 5. The Labute approximate surface area is 165 Å². The molecule has 0 aromatic heterocycles. The summed E-state index contributed by atoms with van der Waals surface area (Å²) in [6.45, 7) is 11.4. The summed E-state index contributed by atoms with van der Waals surface area (Å²) in [4.78, 5) is 24.9. The van der Waals surface area contributed by atoms with Crippen LogP contribution in [0.15, 0.2) is 30.5 Å². The predicted molar refractivity (Wildman–Crippen MR) is 107 cm³/mol. The molecule has 0 saturated carbocycles. The average molecular weight is 391 g/mol. The Kier molecular flexibility index (Phi) is 6.34. The van der Waals surface area contributed by atoms with Gasteiger partial charge in [-0.25, -0.2) is 4.79 Å². The maximum atomic E-state index is 12.6. The van der Waals surface area contributed by atoms with Crippen molar-refractivity contribution in [3.05, 3.63) is 46.2 Å². The first-order chi connectivity index (χ1) is 12.9. The highest BCUT2D eigenvalue weighted by molar-refractivity contribution is 5.70. The van der Waals surface area contributed by atoms with Gasteiger partial charge < -0.3 is 14.8 Å². The first kappa shape index (κ1) is 21.7. The molecule has 0 unspecified atom stereocenters. The molecular weight excluding hydrogens is 362 g/mol. The highest BCUT2D eigenvalue weighted by Gasteiger charge is 2.45. The van der Waals surface area contributed by atoms with Crippen LogP contribution in [0.4, 0.5) is 16.2 Å². The van der Waals surface area contributed by atoms with Crippen molar-refractivity contribution < 1.29 is 19.2 Å². The molecule has 1 aromatic rings. The molecule has 28 heavy (non-hydrogen) atoms. The van der Waals surface area contributed by atoms with Crippen LogP contribution >= 0.6 is 0 Å². The van der Waals surface area contributed by atoms with Crippen LogP contribution in [-0.2, 0) is 9.47 Å². The molecule has 0 radical (unpaired) electrons. The lowest BCUT2D eigenvalue weighted by Crippen LogP contribution is -2.49. The normalized spacial score (nSPS) is 19.1. The van der Waals surface area contributed by atoms with E-state index in [0.29, 0.717) is 18.7 Å². The van der Waals surface area contributed by atoms with Crippen LogP contribution in [0.1, 0.15) is 46.6 Å². The molecule has 0 spiro atoms. The van der Waals surface area contributed by atoms with Crippen molar-refractivity contribution in [2.24, 2.45) is 0 Å². The number of nitro groups is 1. The van der Waals surface area contributed by atoms with Gasteiger partial charge >= 0.3 is 6.09 Å². The van der Waals surface area contributed by atoms with Gasteiger partial charge in [-0.15, -0.1) is 0 Å². The second kappa shape index (κ2) is 8.18. The third-order valence-electron chi connectivity index (χ3n) is 4.28. The van der Waals surface area contributed by atoms with Crippen LogP contribution in [0.2, 0.25) is 0 Å². The van der Waals surface area contributed by atoms with Crippen molar-refractivity contribution in [1.82, 2.24) is 4.90 Å². The third kappa shape index (κ3) is 5.45. The van der Waals surface area contributed by atoms with Crippen molar-refractivity contribution in [3.8, 4) is 0 Å². The zero-order chi connectivity index (χ0) is 21.1. The molecule has 1 atom stereocenters. The SMILES string of the molecule is Cc1ccc([N+](=O)[O-])c(NC=CC[C@H]2COC(C)(C)N2C(=O)OC(C)(C)C)c1. The van der Waals surface area contributed by atoms with E-state index in [2.05, 4.69) is 5.32 Å². The number of nitrogens with one attached hydrogen (secondary N) is 1. The number of aryl methyl sites for hydroxylation is 1. The Morgan fingerprint density at radius 2 is 2.14 bits per heavy atom. The van der Waals surface area contributed by atoms with Gasteiger partial charge in [-0.1, -0.05) is 12.1 Å². The molecule has 1 saturated heterocycles. The molecule has 1 fully saturated rings. The largest absolute Gasteiger partial charge is 0.444 e. The Morgan fingerprint density at radius 1 is 1.46 bits per heavy atom. The fourth-order valence-corrected chi connectivity index (χ4v) is 3.04. The first-order valence-electron chi connectivity index (χ1n) is 9.23. The Balaban J connectivity index is 2.06. The van der Waals surface area contributed by atoms with E-state index in [-0.39, 0.29) is 11.7 Å². The number of nitro benzene ring substituents is 1. The second-order valence-electron chi connectivity index (χ2n) is 8.32. The van der Waals surface area contributed by atoms with Gasteiger partial charge in [0.25, 0.3) is 5.69 Å². The third-order valence-corrected chi connectivity index (χ3v) is 4.28. The molecule has 1 amide bonds. The van der Waals surface area contributed by atoms with E-state index in [4.69, 9.17) is 9.47 Å². The smallest absolute Gasteiger partial charge is 0.412 e. The molecule has 8 nitrogen and oxygen atoms in total. The maximum absolute atomic E-state index is 12.6. The molecule has 154 valence electrons. The van der Waals surface area contributed by atoms with Gasteiger partial charge in [-0.2, -0.15) is 0 Å². The van der Waals surface area contributed by atoms with Gasteiger partial charge in [0.1, 0.15) is 17.0 Å². The molecule has 1 heterocycles. The Bertz CT molecular complexity index is 768. The van der Waals surface area contributed by atoms with Gasteiger partial charge in [0.15, 0.2) is 0 Å². The first-order valence-corrected chi connectivity index (χ1v) is 9.23. The molecule has 1 aliphatic rings. The van der Waals surface area contributed by atoms with Gasteiger partial charge in [-0.3, -0.25) is 15.0 Å². The highest BCUT2D eigenvalue weighted by Crippen LogP contribution is 2.31. The summed E-state index contributed by atoms with van der Waals surface area (Å²) in [5.41, 5.74) is -0.00135. The standard InChI is InChI=1S/C20H29N3O5/c1-14-9-10-17(23(25)26)16(12-14)21-11-7-8-15-13-27-20(5,6)22(15)18(24)28-19(2,3)4/h7,9-12,15,21H,8,13H2,1-6H3/t15-/m0/s1. The van der Waals surface area contributed by atoms with Crippen molar-refractivity contribution in [2.45, 2.75) is 65.3 Å². The van der Waals surface area contributed by atoms with E-state index >= 15 is 0 Å². The van der Waals surface area contributed by atoms with Gasteiger partial charge in [0.2, 0.25) is 0 Å². The van der Waals surface area contributed by atoms with Crippen LogP contribution in [0.25, 0.3) is 0 Å². The summed E-state index contributed by atoms with van der Waals surface area (Å²) < 4.78 is 11.3. The van der Waals surface area contributed by atoms with Gasteiger partial charge in [0.05, 0.1) is 17.6 Å². The molecular formula is C20H29N3O5. The molecule has 1 N–H and O–H groups in total. The molecule has 2 rings (SSSR count). The van der Waals surface area contributed by atoms with Gasteiger partial charge in [0, 0.05) is 6.07 Å². The Hall–Kier alpha value is -2.61. The predicted octanol–water partition coefficient (Wildman–Crippen LogP) is 4.59. The van der Waals surface area contributed by atoms with E-state index in [1.54, 1.807) is 23.2 Å². The minimum absolute atomic E-state index is 0.0102. The summed E-state index contributed by atoms with van der Waals surface area (Å²) in [5.74, 6) is 0. The number of anilines is 1. The van der Waals surface area contributed by atoms with Crippen LogP contribution in [0.3, 0.4) is 0 Å². The quantitative estimate of drug-likeness (QED) is 0.583. The zero-order valence-corrected chi connectivity index (χ0v) is 17.3. The van der Waals surface area contributed by atoms with Crippen LogP contribution in [-0.4, -0.2) is 39.9 Å². The minimum atomic E-state index is -0.760. The molecule has 0 aliphatic carbocycles. The lowest BCUT2D eigenvalue weighted by molar-refractivity contribution is -0.383. The van der Waals surface area contributed by atoms with E-state index in [0.717, 1.165) is 5.56 Å². The summed E-state index contributed by atoms with van der Waals surface area (Å²) in [6.07, 6.45) is 3.59. The van der Waals surface area contributed by atoms with Crippen LogP contribution in [0, 0.1) is 17.0 Å². The fraction of sp³-hybridized carbons (Fsp3) is 0.550. The van der Waals surface area contributed by atoms with Crippen LogP contribution < -0.4 is 5.32 Å². The zero-order valence-electron chi connectivity index (χ0n) is 17.3. The molecule has 8 heteroatoms. The lowest BCUT2D eigenvalue weighted by Gasteiger charge is -2.34. The summed E-state index contributed by atoms with van der Waals surface area (Å²) in [6, 6.07) is 4.71. The van der Waals surface area contributed by atoms with E-state index in [1.807, 2.05) is 47.6 Å². The number of benzene rings is 1. The molecule has 0 bridgehead atoms. The minimum Gasteiger partial charge on any atom is -0.444 e. The van der Waals surface area contributed by atoms with Crippen molar-refractivity contribution in [1.29, 1.82) is 0 Å². The topological polar surface area (TPSA) is 93.9 Å². The summed E-state index contributed by atoms with van der Waals surface area (Å²) >= 11 is 0. The van der Waals surface area contributed by atoms with Crippen molar-refractivity contribution in [3.63, 3.8) is 0 Å². The molecule has 1 aliphatic heterocycles. The monoisotopic (exact) mass is 391 g/mol. The summed E-state index contributed by atoms with van der Waals surface area (Å²) in [7, 11) is 0. The number of amides is 1. The van der Waals surface area contributed by atoms with Crippen LogP contribution in [0.5, 0.6) is 0 Å². The van der Waals surface area contributed by atoms with Crippen molar-refractivity contribution >= 4 is 17.5 Å². The number of carbonyl (C=O) groups excluding carboxylic acids is 1. The second-order valence-corrected chi connectivity index (χ2v) is 8.32. The number of hydrogen-bond donors (Lipinski definition) is 1. The summed E-state index contributed by atoms with van der Waals surface area (Å²) in [5, 5.41) is 14.1. The van der Waals surface area contributed by atoms with Gasteiger partial charge in [-0.05, 0) is 65.8 Å².